The van der Waals surface area contributed by atoms with Crippen molar-refractivity contribution in [3.05, 3.63) is 34.7 Å². The van der Waals surface area contributed by atoms with E-state index in [1.54, 1.807) is 12.0 Å². The van der Waals surface area contributed by atoms with Gasteiger partial charge in [-0.05, 0) is 25.5 Å². The van der Waals surface area contributed by atoms with Gasteiger partial charge in [0.2, 0.25) is 0 Å². The van der Waals surface area contributed by atoms with Crippen LogP contribution < -0.4 is 4.74 Å². The molecule has 1 aliphatic heterocycles. The first-order chi connectivity index (χ1) is 10.7. The number of methoxy groups -OCH3 is 1. The number of para-hydroxylation sites is 1. The molecule has 4 nitrogen and oxygen atoms in total. The molecule has 1 heterocycles. The van der Waals surface area contributed by atoms with Crippen LogP contribution in [0.3, 0.4) is 0 Å². The molecular weight excluding hydrogens is 318 g/mol. The van der Waals surface area contributed by atoms with E-state index in [0.717, 1.165) is 17.7 Å². The lowest BCUT2D eigenvalue weighted by atomic mass is 10.2. The van der Waals surface area contributed by atoms with Crippen molar-refractivity contribution in [1.82, 2.24) is 4.90 Å². The third-order valence-corrected chi connectivity index (χ3v) is 4.49. The molecule has 1 aromatic carbocycles. The van der Waals surface area contributed by atoms with Gasteiger partial charge in [-0.1, -0.05) is 42.2 Å². The third-order valence-electron chi connectivity index (χ3n) is 3.11. The Balaban J connectivity index is 2.16. The molecule has 1 aliphatic rings. The zero-order valence-corrected chi connectivity index (χ0v) is 14.3. The van der Waals surface area contributed by atoms with Crippen LogP contribution in [0.25, 0.3) is 6.08 Å². The van der Waals surface area contributed by atoms with Crippen molar-refractivity contribution in [1.29, 1.82) is 0 Å². The Morgan fingerprint density at radius 3 is 2.86 bits per heavy atom. The molecule has 0 radical (unpaired) electrons. The van der Waals surface area contributed by atoms with Gasteiger partial charge in [-0.2, -0.15) is 0 Å². The van der Waals surface area contributed by atoms with Crippen LogP contribution in [0.2, 0.25) is 0 Å². The molecule has 0 spiro atoms. The maximum absolute atomic E-state index is 12.5. The Labute approximate surface area is 140 Å². The average molecular weight is 337 g/mol. The van der Waals surface area contributed by atoms with E-state index in [1.807, 2.05) is 37.3 Å². The summed E-state index contributed by atoms with van der Waals surface area (Å²) in [7, 11) is 1.65. The number of rotatable bonds is 7. The minimum atomic E-state index is -0.0441. The zero-order valence-electron chi connectivity index (χ0n) is 12.7. The number of carbonyl (C=O) groups is 1. The van der Waals surface area contributed by atoms with Gasteiger partial charge in [0, 0.05) is 25.8 Å². The smallest absolute Gasteiger partial charge is 0.266 e. The first-order valence-corrected chi connectivity index (χ1v) is 8.36. The monoisotopic (exact) mass is 337 g/mol. The molecule has 118 valence electrons. The molecule has 1 aromatic rings. The molecule has 1 amide bonds. The predicted octanol–water partition coefficient (Wildman–Crippen LogP) is 3.32. The highest BCUT2D eigenvalue weighted by Crippen LogP contribution is 2.34. The number of amides is 1. The highest BCUT2D eigenvalue weighted by Gasteiger charge is 2.31. The van der Waals surface area contributed by atoms with E-state index in [0.29, 0.717) is 29.0 Å². The van der Waals surface area contributed by atoms with Crippen LogP contribution in [-0.4, -0.2) is 42.0 Å². The van der Waals surface area contributed by atoms with E-state index in [9.17, 15) is 4.79 Å². The summed E-state index contributed by atoms with van der Waals surface area (Å²) >= 11 is 6.63. The SMILES string of the molecule is CCOc1ccccc1/C=C1\SC(=S)N(CCCOC)C1=O. The third kappa shape index (κ3) is 4.09. The first kappa shape index (κ1) is 17.0. The number of nitrogens with zero attached hydrogens (tertiary/aromatic N) is 1. The highest BCUT2D eigenvalue weighted by atomic mass is 32.2. The Morgan fingerprint density at radius 1 is 1.36 bits per heavy atom. The van der Waals surface area contributed by atoms with Gasteiger partial charge in [0.15, 0.2) is 0 Å². The van der Waals surface area contributed by atoms with Crippen molar-refractivity contribution in [2.24, 2.45) is 0 Å². The zero-order chi connectivity index (χ0) is 15.9. The first-order valence-electron chi connectivity index (χ1n) is 7.13. The van der Waals surface area contributed by atoms with Crippen molar-refractivity contribution in [3.63, 3.8) is 0 Å². The fourth-order valence-corrected chi connectivity index (χ4v) is 3.39. The Bertz CT molecular complexity index is 587. The summed E-state index contributed by atoms with van der Waals surface area (Å²) in [5, 5.41) is 0. The van der Waals surface area contributed by atoms with Crippen molar-refractivity contribution < 1.29 is 14.3 Å². The Morgan fingerprint density at radius 2 is 2.14 bits per heavy atom. The maximum Gasteiger partial charge on any atom is 0.266 e. The number of hydrogen-bond donors (Lipinski definition) is 0. The number of thioether (sulfide) groups is 1. The minimum Gasteiger partial charge on any atom is -0.493 e. The lowest BCUT2D eigenvalue weighted by molar-refractivity contribution is -0.122. The van der Waals surface area contributed by atoms with Gasteiger partial charge < -0.3 is 9.47 Å². The molecule has 0 bridgehead atoms. The van der Waals surface area contributed by atoms with Gasteiger partial charge in [-0.3, -0.25) is 9.69 Å². The van der Waals surface area contributed by atoms with Crippen LogP contribution in [0.15, 0.2) is 29.2 Å². The van der Waals surface area contributed by atoms with Gasteiger partial charge in [-0.15, -0.1) is 0 Å². The quantitative estimate of drug-likeness (QED) is 0.433. The molecule has 1 saturated heterocycles. The van der Waals surface area contributed by atoms with E-state index < -0.39 is 0 Å². The second-order valence-corrected chi connectivity index (χ2v) is 6.33. The highest BCUT2D eigenvalue weighted by molar-refractivity contribution is 8.26. The summed E-state index contributed by atoms with van der Waals surface area (Å²) in [6, 6.07) is 7.67. The van der Waals surface area contributed by atoms with Crippen LogP contribution in [0.4, 0.5) is 0 Å². The summed E-state index contributed by atoms with van der Waals surface area (Å²) in [4.78, 5) is 14.7. The van der Waals surface area contributed by atoms with Crippen molar-refractivity contribution in [2.75, 3.05) is 26.9 Å². The van der Waals surface area contributed by atoms with Crippen LogP contribution in [0.1, 0.15) is 18.9 Å². The number of ether oxygens (including phenoxy) is 2. The molecule has 0 unspecified atom stereocenters. The summed E-state index contributed by atoms with van der Waals surface area (Å²) in [6.45, 7) is 3.72. The molecule has 0 aromatic heterocycles. The number of hydrogen-bond acceptors (Lipinski definition) is 5. The molecule has 6 heteroatoms. The maximum atomic E-state index is 12.5. The molecule has 0 N–H and O–H groups in total. The van der Waals surface area contributed by atoms with Gasteiger partial charge in [0.25, 0.3) is 5.91 Å². The molecular formula is C16H19NO3S2. The molecule has 2 rings (SSSR count). The fourth-order valence-electron chi connectivity index (χ4n) is 2.09. The van der Waals surface area contributed by atoms with Crippen molar-refractivity contribution in [3.8, 4) is 5.75 Å². The Hall–Kier alpha value is -1.37. The molecule has 0 atom stereocenters. The van der Waals surface area contributed by atoms with Crippen LogP contribution in [0, 0.1) is 0 Å². The van der Waals surface area contributed by atoms with Gasteiger partial charge in [0.1, 0.15) is 10.1 Å². The summed E-state index contributed by atoms with van der Waals surface area (Å²) in [6.07, 6.45) is 2.62. The standard InChI is InChI=1S/C16H19NO3S2/c1-3-20-13-8-5-4-7-12(13)11-14-15(18)17(16(21)22-14)9-6-10-19-2/h4-5,7-8,11H,3,6,9-10H2,1-2H3/b14-11-. The van der Waals surface area contributed by atoms with E-state index in [4.69, 9.17) is 21.7 Å². The second kappa shape index (κ2) is 8.31. The Kier molecular flexibility index (Phi) is 6.42. The molecule has 0 aliphatic carbocycles. The van der Waals surface area contributed by atoms with E-state index in [-0.39, 0.29) is 5.91 Å². The van der Waals surface area contributed by atoms with Crippen LogP contribution in [0.5, 0.6) is 5.75 Å². The number of carbonyl (C=O) groups excluding carboxylic acids is 1. The van der Waals surface area contributed by atoms with E-state index in [1.165, 1.54) is 11.8 Å². The van der Waals surface area contributed by atoms with E-state index in [2.05, 4.69) is 0 Å². The summed E-state index contributed by atoms with van der Waals surface area (Å²) in [5.41, 5.74) is 0.891. The topological polar surface area (TPSA) is 38.8 Å². The van der Waals surface area contributed by atoms with Gasteiger partial charge in [0.05, 0.1) is 11.5 Å². The second-order valence-electron chi connectivity index (χ2n) is 4.65. The fraction of sp³-hybridized carbons (Fsp3) is 0.375. The van der Waals surface area contributed by atoms with Crippen molar-refractivity contribution >= 4 is 40.3 Å². The lowest BCUT2D eigenvalue weighted by Crippen LogP contribution is -2.29. The number of thiocarbonyl (C=S) groups is 1. The van der Waals surface area contributed by atoms with E-state index >= 15 is 0 Å². The lowest BCUT2D eigenvalue weighted by Gasteiger charge is -2.13. The molecule has 22 heavy (non-hydrogen) atoms. The van der Waals surface area contributed by atoms with Gasteiger partial charge in [-0.25, -0.2) is 0 Å². The minimum absolute atomic E-state index is 0.0441. The normalized spacial score (nSPS) is 16.6. The predicted molar refractivity (Wildman–Crippen MR) is 94.0 cm³/mol. The number of benzene rings is 1. The summed E-state index contributed by atoms with van der Waals surface area (Å²) < 4.78 is 11.2. The average Bonchev–Trinajstić information content (AvgIpc) is 2.77. The van der Waals surface area contributed by atoms with Crippen molar-refractivity contribution in [2.45, 2.75) is 13.3 Å². The van der Waals surface area contributed by atoms with Crippen LogP contribution in [-0.2, 0) is 9.53 Å². The van der Waals surface area contributed by atoms with Gasteiger partial charge >= 0.3 is 0 Å². The summed E-state index contributed by atoms with van der Waals surface area (Å²) in [5.74, 6) is 0.729. The molecule has 0 saturated carbocycles. The largest absolute Gasteiger partial charge is 0.493 e. The molecule has 1 fully saturated rings. The van der Waals surface area contributed by atoms with Crippen LogP contribution >= 0.6 is 24.0 Å².